The molecule has 0 spiro atoms. The van der Waals surface area contributed by atoms with Crippen molar-refractivity contribution in [2.45, 2.75) is 12.5 Å². The fourth-order valence-electron chi connectivity index (χ4n) is 1.82. The number of carbonyl (C=O) groups excluding carboxylic acids is 1. The molecule has 0 radical (unpaired) electrons. The summed E-state index contributed by atoms with van der Waals surface area (Å²) in [6.45, 7) is 1.08. The molecule has 17 heavy (non-hydrogen) atoms. The predicted octanol–water partition coefficient (Wildman–Crippen LogP) is 2.06. The fourth-order valence-corrected chi connectivity index (χ4v) is 2.24. The molecule has 1 aliphatic heterocycles. The van der Waals surface area contributed by atoms with Gasteiger partial charge in [0.05, 0.1) is 6.10 Å². The molecule has 0 aromatic heterocycles. The van der Waals surface area contributed by atoms with Gasteiger partial charge in [-0.25, -0.2) is 0 Å². The number of β-amino-alcohol motifs (C(OH)–C–C–N with tert-alkyl or cyclic N) is 1. The molecule has 0 aliphatic carbocycles. The van der Waals surface area contributed by atoms with Crippen molar-refractivity contribution in [3.63, 3.8) is 0 Å². The van der Waals surface area contributed by atoms with E-state index in [0.717, 1.165) is 10.0 Å². The van der Waals surface area contributed by atoms with Crippen molar-refractivity contribution in [2.24, 2.45) is 0 Å². The Morgan fingerprint density at radius 3 is 2.88 bits per heavy atom. The molecule has 2 rings (SSSR count). The molecule has 1 saturated heterocycles. The topological polar surface area (TPSA) is 40.5 Å². The quantitative estimate of drug-likeness (QED) is 0.849. The first-order valence-electron chi connectivity index (χ1n) is 5.56. The summed E-state index contributed by atoms with van der Waals surface area (Å²) in [5, 5.41) is 9.35. The van der Waals surface area contributed by atoms with Gasteiger partial charge < -0.3 is 10.0 Å². The summed E-state index contributed by atoms with van der Waals surface area (Å²) in [6, 6.07) is 7.73. The van der Waals surface area contributed by atoms with Crippen molar-refractivity contribution in [2.75, 3.05) is 13.1 Å². The Balaban J connectivity index is 2.01. The summed E-state index contributed by atoms with van der Waals surface area (Å²) in [6.07, 6.45) is 3.65. The molecular weight excluding hydrogens is 282 g/mol. The third-order valence-corrected chi connectivity index (χ3v) is 3.51. The number of aliphatic hydroxyl groups excluding tert-OH is 1. The molecule has 1 fully saturated rings. The Morgan fingerprint density at radius 2 is 2.24 bits per heavy atom. The normalized spacial score (nSPS) is 20.1. The number of rotatable bonds is 2. The second-order valence-electron chi connectivity index (χ2n) is 4.08. The van der Waals surface area contributed by atoms with E-state index in [2.05, 4.69) is 15.9 Å². The molecule has 1 aromatic carbocycles. The number of hydrogen-bond donors (Lipinski definition) is 1. The molecule has 4 heteroatoms. The maximum atomic E-state index is 11.8. The van der Waals surface area contributed by atoms with Gasteiger partial charge in [0.1, 0.15) is 0 Å². The first-order valence-corrected chi connectivity index (χ1v) is 6.35. The Labute approximate surface area is 109 Å². The lowest BCUT2D eigenvalue weighted by atomic mass is 10.2. The maximum Gasteiger partial charge on any atom is 0.246 e. The molecule has 1 heterocycles. The minimum Gasteiger partial charge on any atom is -0.391 e. The zero-order valence-corrected chi connectivity index (χ0v) is 10.9. The van der Waals surface area contributed by atoms with Crippen molar-refractivity contribution in [3.8, 4) is 0 Å². The summed E-state index contributed by atoms with van der Waals surface area (Å²) in [7, 11) is 0. The minimum absolute atomic E-state index is 0.0442. The number of nitrogens with zero attached hydrogens (tertiary/aromatic N) is 1. The van der Waals surface area contributed by atoms with Gasteiger partial charge >= 0.3 is 0 Å². The number of benzene rings is 1. The van der Waals surface area contributed by atoms with Gasteiger partial charge in [0.2, 0.25) is 5.91 Å². The zero-order valence-electron chi connectivity index (χ0n) is 9.34. The SMILES string of the molecule is O=C(/C=C/c1ccccc1Br)N1CC[C@@H](O)C1. The molecule has 1 atom stereocenters. The third kappa shape index (κ3) is 3.17. The number of likely N-dealkylation sites (tertiary alicyclic amines) is 1. The van der Waals surface area contributed by atoms with Gasteiger partial charge in [0, 0.05) is 23.6 Å². The van der Waals surface area contributed by atoms with Crippen LogP contribution in [0.5, 0.6) is 0 Å². The van der Waals surface area contributed by atoms with E-state index >= 15 is 0 Å². The highest BCUT2D eigenvalue weighted by atomic mass is 79.9. The van der Waals surface area contributed by atoms with Crippen molar-refractivity contribution in [1.82, 2.24) is 4.90 Å². The molecule has 0 bridgehead atoms. The van der Waals surface area contributed by atoms with Crippen molar-refractivity contribution in [1.29, 1.82) is 0 Å². The summed E-state index contributed by atoms with van der Waals surface area (Å²) < 4.78 is 0.963. The zero-order chi connectivity index (χ0) is 12.3. The smallest absolute Gasteiger partial charge is 0.246 e. The van der Waals surface area contributed by atoms with E-state index in [1.807, 2.05) is 24.3 Å². The fraction of sp³-hybridized carbons (Fsp3) is 0.308. The highest BCUT2D eigenvalue weighted by Gasteiger charge is 2.22. The van der Waals surface area contributed by atoms with E-state index in [-0.39, 0.29) is 12.0 Å². The van der Waals surface area contributed by atoms with Crippen LogP contribution in [0.4, 0.5) is 0 Å². The van der Waals surface area contributed by atoms with E-state index in [1.165, 1.54) is 0 Å². The molecule has 1 aliphatic rings. The number of amides is 1. The summed E-state index contributed by atoms with van der Waals surface area (Å²) in [5.41, 5.74) is 0.973. The number of carbonyl (C=O) groups is 1. The van der Waals surface area contributed by atoms with Crippen LogP contribution in [0.3, 0.4) is 0 Å². The summed E-state index contributed by atoms with van der Waals surface area (Å²) >= 11 is 3.42. The first kappa shape index (κ1) is 12.3. The van der Waals surface area contributed by atoms with Crippen LogP contribution in [-0.2, 0) is 4.79 Å². The molecular formula is C13H14BrNO2. The van der Waals surface area contributed by atoms with Crippen LogP contribution >= 0.6 is 15.9 Å². The van der Waals surface area contributed by atoms with Crippen molar-refractivity contribution in [3.05, 3.63) is 40.4 Å². The number of aliphatic hydroxyl groups is 1. The van der Waals surface area contributed by atoms with Crippen LogP contribution in [0, 0.1) is 0 Å². The molecule has 1 aromatic rings. The average molecular weight is 296 g/mol. The van der Waals surface area contributed by atoms with E-state index in [9.17, 15) is 9.90 Å². The highest BCUT2D eigenvalue weighted by Crippen LogP contribution is 2.17. The lowest BCUT2D eigenvalue weighted by Gasteiger charge is -2.12. The van der Waals surface area contributed by atoms with Gasteiger partial charge in [-0.3, -0.25) is 4.79 Å². The summed E-state index contributed by atoms with van der Waals surface area (Å²) in [4.78, 5) is 13.5. The Kier molecular flexibility index (Phi) is 3.97. The minimum atomic E-state index is -0.365. The maximum absolute atomic E-state index is 11.8. The van der Waals surface area contributed by atoms with Gasteiger partial charge in [-0.1, -0.05) is 34.1 Å². The van der Waals surface area contributed by atoms with E-state index < -0.39 is 0 Å². The third-order valence-electron chi connectivity index (χ3n) is 2.79. The lowest BCUT2D eigenvalue weighted by molar-refractivity contribution is -0.125. The summed E-state index contributed by atoms with van der Waals surface area (Å²) in [5.74, 6) is -0.0442. The molecule has 1 N–H and O–H groups in total. The monoisotopic (exact) mass is 295 g/mol. The second-order valence-corrected chi connectivity index (χ2v) is 4.94. The Morgan fingerprint density at radius 1 is 1.47 bits per heavy atom. The predicted molar refractivity (Wildman–Crippen MR) is 70.4 cm³/mol. The molecule has 3 nitrogen and oxygen atoms in total. The van der Waals surface area contributed by atoms with Crippen LogP contribution in [-0.4, -0.2) is 35.1 Å². The lowest BCUT2D eigenvalue weighted by Crippen LogP contribution is -2.27. The van der Waals surface area contributed by atoms with Gasteiger partial charge in [0.15, 0.2) is 0 Å². The Bertz CT molecular complexity index is 445. The number of halogens is 1. The molecule has 1 amide bonds. The largest absolute Gasteiger partial charge is 0.391 e. The van der Waals surface area contributed by atoms with E-state index in [0.29, 0.717) is 19.5 Å². The first-order chi connectivity index (χ1) is 8.16. The second kappa shape index (κ2) is 5.47. The van der Waals surface area contributed by atoms with Crippen LogP contribution in [0.25, 0.3) is 6.08 Å². The standard InChI is InChI=1S/C13H14BrNO2/c14-12-4-2-1-3-10(12)5-6-13(17)15-8-7-11(16)9-15/h1-6,11,16H,7-9H2/b6-5+/t11-/m1/s1. The number of hydrogen-bond acceptors (Lipinski definition) is 2. The van der Waals surface area contributed by atoms with E-state index in [1.54, 1.807) is 17.1 Å². The van der Waals surface area contributed by atoms with Crippen molar-refractivity contribution < 1.29 is 9.90 Å². The van der Waals surface area contributed by atoms with Crippen LogP contribution < -0.4 is 0 Å². The highest BCUT2D eigenvalue weighted by molar-refractivity contribution is 9.10. The average Bonchev–Trinajstić information content (AvgIpc) is 2.74. The van der Waals surface area contributed by atoms with Gasteiger partial charge in [0.25, 0.3) is 0 Å². The van der Waals surface area contributed by atoms with E-state index in [4.69, 9.17) is 0 Å². The van der Waals surface area contributed by atoms with Crippen LogP contribution in [0.1, 0.15) is 12.0 Å². The molecule has 0 saturated carbocycles. The van der Waals surface area contributed by atoms with Crippen molar-refractivity contribution >= 4 is 27.9 Å². The van der Waals surface area contributed by atoms with Crippen LogP contribution in [0.2, 0.25) is 0 Å². The Hall–Kier alpha value is -1.13. The van der Waals surface area contributed by atoms with Crippen LogP contribution in [0.15, 0.2) is 34.8 Å². The molecule has 0 unspecified atom stereocenters. The van der Waals surface area contributed by atoms with Gasteiger partial charge in [-0.05, 0) is 24.1 Å². The van der Waals surface area contributed by atoms with Gasteiger partial charge in [-0.2, -0.15) is 0 Å². The molecule has 90 valence electrons. The van der Waals surface area contributed by atoms with Gasteiger partial charge in [-0.15, -0.1) is 0 Å².